The van der Waals surface area contributed by atoms with Gasteiger partial charge in [-0.2, -0.15) is 0 Å². The van der Waals surface area contributed by atoms with Gasteiger partial charge in [-0.05, 0) is 24.3 Å². The van der Waals surface area contributed by atoms with Crippen molar-refractivity contribution >= 4 is 21.4 Å². The Balaban J connectivity index is 2.15. The number of nitrogens with one attached hydrogen (secondary N) is 1. The maximum absolute atomic E-state index is 12.6. The average Bonchev–Trinajstić information content (AvgIpc) is 2.66. The average molecular weight is 409 g/mol. The second-order valence-electron chi connectivity index (χ2n) is 5.87. The van der Waals surface area contributed by atoms with Crippen LogP contribution < -0.4 is 24.3 Å². The van der Waals surface area contributed by atoms with Crippen LogP contribution in [0.25, 0.3) is 0 Å². The van der Waals surface area contributed by atoms with Crippen molar-refractivity contribution in [1.29, 1.82) is 0 Å². The van der Waals surface area contributed by atoms with E-state index in [1.165, 1.54) is 21.3 Å². The Morgan fingerprint density at radius 3 is 2.18 bits per heavy atom. The molecule has 2 aromatic rings. The predicted octanol–water partition coefficient (Wildman–Crippen LogP) is 2.39. The Hall–Kier alpha value is -2.94. The summed E-state index contributed by atoms with van der Waals surface area (Å²) >= 11 is 0. The van der Waals surface area contributed by atoms with Crippen LogP contribution in [0.2, 0.25) is 0 Å². The molecule has 0 fully saturated rings. The first-order chi connectivity index (χ1) is 13.3. The standard InChI is InChI=1S/C19H23NO7S/c1-24-16-10-13(11-17(25-2)18(16)26-3)19(21)20-14-6-5-7-15(12-14)27-8-9-28(4,22)23/h5-7,10-12H,8-9H2,1-4H3,(H,20,21). The summed E-state index contributed by atoms with van der Waals surface area (Å²) in [7, 11) is 1.31. The van der Waals surface area contributed by atoms with Crippen LogP contribution in [0.1, 0.15) is 10.4 Å². The van der Waals surface area contributed by atoms with Gasteiger partial charge in [-0.1, -0.05) is 6.07 Å². The first-order valence-corrected chi connectivity index (χ1v) is 10.4. The van der Waals surface area contributed by atoms with E-state index < -0.39 is 9.84 Å². The molecule has 0 unspecified atom stereocenters. The number of rotatable bonds is 9. The van der Waals surface area contributed by atoms with Gasteiger partial charge >= 0.3 is 0 Å². The highest BCUT2D eigenvalue weighted by atomic mass is 32.2. The van der Waals surface area contributed by atoms with Gasteiger partial charge in [0.2, 0.25) is 5.75 Å². The molecule has 0 aliphatic rings. The van der Waals surface area contributed by atoms with E-state index in [9.17, 15) is 13.2 Å². The maximum atomic E-state index is 12.6. The molecule has 0 aliphatic heterocycles. The third-order valence-corrected chi connectivity index (χ3v) is 4.65. The quantitative estimate of drug-likeness (QED) is 0.679. The fourth-order valence-corrected chi connectivity index (χ4v) is 2.78. The molecule has 0 spiro atoms. The smallest absolute Gasteiger partial charge is 0.255 e. The molecule has 0 aliphatic carbocycles. The normalized spacial score (nSPS) is 10.9. The molecule has 0 saturated heterocycles. The van der Waals surface area contributed by atoms with Gasteiger partial charge in [-0.15, -0.1) is 0 Å². The van der Waals surface area contributed by atoms with Crippen molar-refractivity contribution in [2.45, 2.75) is 0 Å². The lowest BCUT2D eigenvalue weighted by Crippen LogP contribution is -2.14. The number of benzene rings is 2. The lowest BCUT2D eigenvalue weighted by molar-refractivity contribution is 0.102. The van der Waals surface area contributed by atoms with Crippen LogP contribution in [-0.4, -0.2) is 54.3 Å². The second kappa shape index (κ2) is 9.32. The molecule has 0 atom stereocenters. The second-order valence-corrected chi connectivity index (χ2v) is 8.13. The van der Waals surface area contributed by atoms with Gasteiger partial charge in [0.15, 0.2) is 21.3 Å². The molecule has 0 saturated carbocycles. The summed E-state index contributed by atoms with van der Waals surface area (Å²) < 4.78 is 43.5. The van der Waals surface area contributed by atoms with Gasteiger partial charge < -0.3 is 24.3 Å². The molecular weight excluding hydrogens is 386 g/mol. The molecule has 0 bridgehead atoms. The predicted molar refractivity (Wildman–Crippen MR) is 106 cm³/mol. The summed E-state index contributed by atoms with van der Waals surface area (Å²) in [6.07, 6.45) is 1.14. The summed E-state index contributed by atoms with van der Waals surface area (Å²) in [5.41, 5.74) is 0.813. The minimum atomic E-state index is -3.11. The molecule has 1 amide bonds. The summed E-state index contributed by atoms with van der Waals surface area (Å²) in [6, 6.07) is 9.77. The van der Waals surface area contributed by atoms with Crippen LogP contribution in [0.4, 0.5) is 5.69 Å². The monoisotopic (exact) mass is 409 g/mol. The van der Waals surface area contributed by atoms with Gasteiger partial charge in [0.25, 0.3) is 5.91 Å². The van der Waals surface area contributed by atoms with Gasteiger partial charge in [0, 0.05) is 23.6 Å². The summed E-state index contributed by atoms with van der Waals surface area (Å²) in [6.45, 7) is 0.0309. The highest BCUT2D eigenvalue weighted by Gasteiger charge is 2.17. The van der Waals surface area contributed by atoms with E-state index in [1.54, 1.807) is 36.4 Å². The Labute approximate surface area is 164 Å². The third kappa shape index (κ3) is 5.78. The highest BCUT2D eigenvalue weighted by Crippen LogP contribution is 2.38. The van der Waals surface area contributed by atoms with Crippen molar-refractivity contribution in [3.63, 3.8) is 0 Å². The Morgan fingerprint density at radius 1 is 1.00 bits per heavy atom. The minimum Gasteiger partial charge on any atom is -0.493 e. The SMILES string of the molecule is COc1cc(C(=O)Nc2cccc(OCCS(C)(=O)=O)c2)cc(OC)c1OC. The number of sulfone groups is 1. The van der Waals surface area contributed by atoms with E-state index in [4.69, 9.17) is 18.9 Å². The van der Waals surface area contributed by atoms with Crippen molar-refractivity contribution in [3.05, 3.63) is 42.0 Å². The summed E-state index contributed by atoms with van der Waals surface area (Å²) in [5.74, 6) is 1.10. The molecule has 0 radical (unpaired) electrons. The Kier molecular flexibility index (Phi) is 7.11. The molecule has 1 N–H and O–H groups in total. The number of ether oxygens (including phenoxy) is 4. The summed E-state index contributed by atoms with van der Waals surface area (Å²) in [5, 5.41) is 2.76. The fraction of sp³-hybridized carbons (Fsp3) is 0.316. The van der Waals surface area contributed by atoms with Crippen molar-refractivity contribution < 1.29 is 32.2 Å². The number of anilines is 1. The molecular formula is C19H23NO7S. The van der Waals surface area contributed by atoms with Crippen molar-refractivity contribution in [3.8, 4) is 23.0 Å². The zero-order valence-corrected chi connectivity index (χ0v) is 17.0. The van der Waals surface area contributed by atoms with E-state index in [0.717, 1.165) is 6.26 Å². The van der Waals surface area contributed by atoms with E-state index >= 15 is 0 Å². The molecule has 8 nitrogen and oxygen atoms in total. The zero-order valence-electron chi connectivity index (χ0n) is 16.1. The maximum Gasteiger partial charge on any atom is 0.255 e. The van der Waals surface area contributed by atoms with Crippen LogP contribution in [0.3, 0.4) is 0 Å². The highest BCUT2D eigenvalue weighted by molar-refractivity contribution is 7.90. The first-order valence-electron chi connectivity index (χ1n) is 8.29. The lowest BCUT2D eigenvalue weighted by atomic mass is 10.1. The van der Waals surface area contributed by atoms with Crippen molar-refractivity contribution in [2.24, 2.45) is 0 Å². The third-order valence-electron chi connectivity index (χ3n) is 3.74. The summed E-state index contributed by atoms with van der Waals surface area (Å²) in [4.78, 5) is 12.6. The van der Waals surface area contributed by atoms with E-state index in [0.29, 0.717) is 34.2 Å². The number of hydrogen-bond acceptors (Lipinski definition) is 7. The number of amides is 1. The minimum absolute atomic E-state index is 0.0309. The van der Waals surface area contributed by atoms with Crippen LogP contribution in [0, 0.1) is 0 Å². The van der Waals surface area contributed by atoms with Gasteiger partial charge in [0.05, 0.1) is 27.1 Å². The molecule has 28 heavy (non-hydrogen) atoms. The van der Waals surface area contributed by atoms with Crippen LogP contribution in [0.5, 0.6) is 23.0 Å². The van der Waals surface area contributed by atoms with E-state index in [-0.39, 0.29) is 18.3 Å². The van der Waals surface area contributed by atoms with Crippen LogP contribution in [-0.2, 0) is 9.84 Å². The van der Waals surface area contributed by atoms with Gasteiger partial charge in [0.1, 0.15) is 12.4 Å². The Morgan fingerprint density at radius 2 is 1.64 bits per heavy atom. The number of carbonyl (C=O) groups is 1. The van der Waals surface area contributed by atoms with Crippen LogP contribution >= 0.6 is 0 Å². The number of hydrogen-bond donors (Lipinski definition) is 1. The Bertz CT molecular complexity index is 916. The van der Waals surface area contributed by atoms with Gasteiger partial charge in [-0.3, -0.25) is 4.79 Å². The first kappa shape index (κ1) is 21.4. The number of carbonyl (C=O) groups excluding carboxylic acids is 1. The molecule has 9 heteroatoms. The van der Waals surface area contributed by atoms with E-state index in [1.807, 2.05) is 0 Å². The molecule has 0 aromatic heterocycles. The van der Waals surface area contributed by atoms with Gasteiger partial charge in [-0.25, -0.2) is 8.42 Å². The van der Waals surface area contributed by atoms with E-state index in [2.05, 4.69) is 5.32 Å². The molecule has 2 rings (SSSR count). The molecule has 2 aromatic carbocycles. The largest absolute Gasteiger partial charge is 0.493 e. The molecule has 0 heterocycles. The van der Waals surface area contributed by atoms with Crippen molar-refractivity contribution in [2.75, 3.05) is 45.3 Å². The van der Waals surface area contributed by atoms with Crippen LogP contribution in [0.15, 0.2) is 36.4 Å². The topological polar surface area (TPSA) is 100 Å². The number of methoxy groups -OCH3 is 3. The molecule has 152 valence electrons. The fourth-order valence-electron chi connectivity index (χ4n) is 2.39. The lowest BCUT2D eigenvalue weighted by Gasteiger charge is -2.14. The van der Waals surface area contributed by atoms with Crippen molar-refractivity contribution in [1.82, 2.24) is 0 Å². The zero-order chi connectivity index (χ0) is 20.7.